The minimum absolute atomic E-state index is 0.202. The van der Waals surface area contributed by atoms with E-state index < -0.39 is 17.3 Å². The quantitative estimate of drug-likeness (QED) is 0.663. The molecule has 1 heterocycles. The Bertz CT molecular complexity index is 811. The van der Waals surface area contributed by atoms with E-state index in [1.165, 1.54) is 42.2 Å². The van der Waals surface area contributed by atoms with Crippen molar-refractivity contribution in [3.05, 3.63) is 70.2 Å². The van der Waals surface area contributed by atoms with Crippen LogP contribution >= 0.6 is 23.4 Å². The van der Waals surface area contributed by atoms with Gasteiger partial charge in [-0.25, -0.2) is 9.37 Å². The van der Waals surface area contributed by atoms with Gasteiger partial charge in [-0.15, -0.1) is 11.8 Å². The number of carbonyl (C=O) groups is 1. The highest BCUT2D eigenvalue weighted by molar-refractivity contribution is 8.02. The van der Waals surface area contributed by atoms with E-state index in [2.05, 4.69) is 16.9 Å². The van der Waals surface area contributed by atoms with Gasteiger partial charge in [0.25, 0.3) is 5.91 Å². The van der Waals surface area contributed by atoms with E-state index in [4.69, 9.17) is 23.1 Å². The van der Waals surface area contributed by atoms with Gasteiger partial charge in [0.15, 0.2) is 0 Å². The number of hydrogen-bond donors (Lipinski definition) is 3. The molecule has 2 rings (SSSR count). The van der Waals surface area contributed by atoms with E-state index in [-0.39, 0.29) is 5.69 Å². The van der Waals surface area contributed by atoms with E-state index in [9.17, 15) is 9.18 Å². The number of nitrogens with two attached hydrogens (primary N) is 2. The van der Waals surface area contributed by atoms with Gasteiger partial charge in [-0.1, -0.05) is 18.2 Å². The molecule has 1 amide bonds. The molecule has 5 N–H and O–H groups in total. The lowest BCUT2D eigenvalue weighted by molar-refractivity contribution is 0.102. The number of amides is 1. The fourth-order valence-corrected chi connectivity index (χ4v) is 3.17. The third-order valence-corrected chi connectivity index (χ3v) is 4.71. The predicted molar refractivity (Wildman–Crippen MR) is 106 cm³/mol. The molecule has 0 aliphatic heterocycles. The topological polar surface area (TPSA) is 94.0 Å². The molecule has 0 unspecified atom stereocenters. The molecule has 1 aromatic heterocycles. The van der Waals surface area contributed by atoms with Gasteiger partial charge >= 0.3 is 0 Å². The van der Waals surface area contributed by atoms with Crippen molar-refractivity contribution in [3.63, 3.8) is 0 Å². The number of hydrogen-bond acceptors (Lipinski definition) is 5. The molecule has 138 valence electrons. The maximum Gasteiger partial charge on any atom is 0.274 e. The van der Waals surface area contributed by atoms with Crippen LogP contribution in [0.15, 0.2) is 48.1 Å². The maximum atomic E-state index is 14.3. The average Bonchev–Trinajstić information content (AvgIpc) is 2.56. The normalized spacial score (nSPS) is 13.1. The molecular weight excluding hydrogens is 375 g/mol. The van der Waals surface area contributed by atoms with Crippen LogP contribution in [-0.4, -0.2) is 16.6 Å². The molecule has 0 spiro atoms. The van der Waals surface area contributed by atoms with Crippen molar-refractivity contribution < 1.29 is 9.18 Å². The van der Waals surface area contributed by atoms with Gasteiger partial charge in [0.1, 0.15) is 11.5 Å². The fraction of sp³-hybridized carbons (Fsp3) is 0.222. The summed E-state index contributed by atoms with van der Waals surface area (Å²) in [4.78, 5) is 16.2. The second-order valence-electron chi connectivity index (χ2n) is 5.99. The number of nitrogens with one attached hydrogen (secondary N) is 1. The Labute approximate surface area is 161 Å². The number of carbonyl (C=O) groups excluding carboxylic acids is 1. The first-order valence-electron chi connectivity index (χ1n) is 7.78. The molecule has 8 heteroatoms. The van der Waals surface area contributed by atoms with Crippen LogP contribution in [0.4, 0.5) is 10.1 Å². The van der Waals surface area contributed by atoms with Gasteiger partial charge in [0.2, 0.25) is 0 Å². The molecule has 2 aromatic rings. The van der Waals surface area contributed by atoms with Gasteiger partial charge in [-0.05, 0) is 43.7 Å². The summed E-state index contributed by atoms with van der Waals surface area (Å²) in [6.45, 7) is 5.34. The lowest BCUT2D eigenvalue weighted by Crippen LogP contribution is -2.35. The Balaban J connectivity index is 2.16. The van der Waals surface area contributed by atoms with E-state index in [1.807, 2.05) is 0 Å². The van der Waals surface area contributed by atoms with Crippen molar-refractivity contribution in [2.45, 2.75) is 18.9 Å². The largest absolute Gasteiger partial charge is 0.394 e. The number of rotatable bonds is 7. The molecule has 0 fully saturated rings. The Morgan fingerprint density at radius 3 is 2.77 bits per heavy atom. The third kappa shape index (κ3) is 5.45. The van der Waals surface area contributed by atoms with Crippen molar-refractivity contribution in [2.75, 3.05) is 11.1 Å². The monoisotopic (exact) mass is 394 g/mol. The minimum atomic E-state index is -0.925. The summed E-state index contributed by atoms with van der Waals surface area (Å²) in [5, 5.41) is 3.60. The Morgan fingerprint density at radius 2 is 2.15 bits per heavy atom. The number of thioether (sulfide) groups is 1. The highest BCUT2D eigenvalue weighted by Gasteiger charge is 2.25. The zero-order valence-electron chi connectivity index (χ0n) is 14.3. The van der Waals surface area contributed by atoms with Gasteiger partial charge in [0, 0.05) is 28.7 Å². The van der Waals surface area contributed by atoms with Crippen LogP contribution < -0.4 is 16.8 Å². The number of benzene rings is 1. The van der Waals surface area contributed by atoms with Gasteiger partial charge in [0.05, 0.1) is 10.1 Å². The molecule has 0 saturated heterocycles. The number of anilines is 1. The lowest BCUT2D eigenvalue weighted by Gasteiger charge is -2.26. The summed E-state index contributed by atoms with van der Waals surface area (Å²) in [6.07, 6.45) is 1.87. The van der Waals surface area contributed by atoms with Crippen LogP contribution in [0.25, 0.3) is 0 Å². The number of pyridine rings is 1. The number of halogens is 2. The highest BCUT2D eigenvalue weighted by Crippen LogP contribution is 2.29. The average molecular weight is 395 g/mol. The predicted octanol–water partition coefficient (Wildman–Crippen LogP) is 3.85. The second kappa shape index (κ2) is 8.53. The standard InChI is InChI=1S/C18H20ClFN4OS/c1-11(21)26-8-7-18(2,22)14-9-13(4-5-15(14)20)24-17(25)16-6-3-12(19)10-23-16/h3-6,9-10H,1,7-8,21-22H2,2H3,(H,24,25)/t18-/m0/s1. The SMILES string of the molecule is C=C(N)SCC[C@](C)(N)c1cc(NC(=O)c2ccc(Cl)cn2)ccc1F. The first-order valence-corrected chi connectivity index (χ1v) is 9.14. The van der Waals surface area contributed by atoms with Gasteiger partial charge in [-0.3, -0.25) is 4.79 Å². The zero-order chi connectivity index (χ0) is 19.3. The Hall–Kier alpha value is -2.09. The van der Waals surface area contributed by atoms with E-state index >= 15 is 0 Å². The van der Waals surface area contributed by atoms with Crippen LogP contribution in [-0.2, 0) is 5.54 Å². The Morgan fingerprint density at radius 1 is 1.42 bits per heavy atom. The van der Waals surface area contributed by atoms with Crippen molar-refractivity contribution >= 4 is 35.0 Å². The number of nitrogens with zero attached hydrogens (tertiary/aromatic N) is 1. The molecule has 26 heavy (non-hydrogen) atoms. The van der Waals surface area contributed by atoms with Crippen LogP contribution in [0.1, 0.15) is 29.4 Å². The first-order chi connectivity index (χ1) is 12.2. The highest BCUT2D eigenvalue weighted by atomic mass is 35.5. The molecule has 1 aromatic carbocycles. The maximum absolute atomic E-state index is 14.3. The molecule has 5 nitrogen and oxygen atoms in total. The van der Waals surface area contributed by atoms with Crippen molar-refractivity contribution in [3.8, 4) is 0 Å². The van der Waals surface area contributed by atoms with Gasteiger partial charge in [-0.2, -0.15) is 0 Å². The van der Waals surface area contributed by atoms with Crippen molar-refractivity contribution in [1.29, 1.82) is 0 Å². The summed E-state index contributed by atoms with van der Waals surface area (Å²) in [5.41, 5.74) is 11.8. The van der Waals surface area contributed by atoms with Crippen LogP contribution in [0, 0.1) is 5.82 Å². The van der Waals surface area contributed by atoms with Crippen LogP contribution in [0.2, 0.25) is 5.02 Å². The third-order valence-electron chi connectivity index (χ3n) is 3.71. The zero-order valence-corrected chi connectivity index (χ0v) is 15.8. The first kappa shape index (κ1) is 20.2. The van der Waals surface area contributed by atoms with E-state index in [0.717, 1.165) is 0 Å². The fourth-order valence-electron chi connectivity index (χ4n) is 2.27. The second-order valence-corrected chi connectivity index (χ2v) is 7.65. The molecule has 0 aliphatic rings. The van der Waals surface area contributed by atoms with Crippen LogP contribution in [0.3, 0.4) is 0 Å². The van der Waals surface area contributed by atoms with Crippen molar-refractivity contribution in [1.82, 2.24) is 4.98 Å². The summed E-state index contributed by atoms with van der Waals surface area (Å²) >= 11 is 7.13. The minimum Gasteiger partial charge on any atom is -0.394 e. The molecular formula is C18H20ClFN4OS. The summed E-state index contributed by atoms with van der Waals surface area (Å²) in [5.74, 6) is -0.255. The lowest BCUT2D eigenvalue weighted by atomic mass is 9.89. The Kier molecular flexibility index (Phi) is 6.63. The molecule has 1 atom stereocenters. The van der Waals surface area contributed by atoms with Crippen molar-refractivity contribution in [2.24, 2.45) is 11.5 Å². The van der Waals surface area contributed by atoms with E-state index in [1.54, 1.807) is 13.0 Å². The summed E-state index contributed by atoms with van der Waals surface area (Å²) in [7, 11) is 0. The summed E-state index contributed by atoms with van der Waals surface area (Å²) in [6, 6.07) is 7.36. The molecule has 0 aliphatic carbocycles. The molecule has 0 saturated carbocycles. The van der Waals surface area contributed by atoms with Gasteiger partial charge < -0.3 is 16.8 Å². The smallest absolute Gasteiger partial charge is 0.274 e. The molecule has 0 radical (unpaired) electrons. The van der Waals surface area contributed by atoms with Crippen LogP contribution in [0.5, 0.6) is 0 Å². The number of aromatic nitrogens is 1. The molecule has 0 bridgehead atoms. The summed E-state index contributed by atoms with van der Waals surface area (Å²) < 4.78 is 14.3. The van der Waals surface area contributed by atoms with E-state index in [0.29, 0.717) is 33.5 Å².